The second-order valence-corrected chi connectivity index (χ2v) is 8.05. The minimum atomic E-state index is -4.59. The number of imidazole rings is 1. The Morgan fingerprint density at radius 3 is 2.73 bits per heavy atom. The number of allylic oxidation sites excluding steroid dienone is 1. The molecule has 1 fully saturated rings. The number of carbonyl (C=O) groups is 1. The average molecular weight is 460 g/mol. The molecule has 0 spiro atoms. The third kappa shape index (κ3) is 4.22. The number of nitrogens with zero attached hydrogens (tertiary/aromatic N) is 5. The van der Waals surface area contributed by atoms with E-state index in [1.165, 1.54) is 16.7 Å². The van der Waals surface area contributed by atoms with E-state index in [2.05, 4.69) is 15.4 Å². The van der Waals surface area contributed by atoms with Crippen LogP contribution >= 0.6 is 0 Å². The van der Waals surface area contributed by atoms with Crippen LogP contribution in [0.15, 0.2) is 53.1 Å². The number of amides is 1. The van der Waals surface area contributed by atoms with E-state index in [9.17, 15) is 22.8 Å². The van der Waals surface area contributed by atoms with Gasteiger partial charge in [-0.25, -0.2) is 9.50 Å². The smallest absolute Gasteiger partial charge is 0.347 e. The zero-order chi connectivity index (χ0) is 23.9. The van der Waals surface area contributed by atoms with Gasteiger partial charge in [0, 0.05) is 25.8 Å². The standard InChI is InChI=1S/C22H23F3N6O2/c1-4-13(2)16-10-14(27-20(32)15-6-5-9-29(3)21(15)33)12-30(16)19-8-7-18-26-11-17(22(23,24)25)31(18)28-19/h4-9,11,14,16H,10,12H2,1-3H3,(H,27,32)/b13-4+/t14?,16-/m1/s1. The summed E-state index contributed by atoms with van der Waals surface area (Å²) in [7, 11) is 1.56. The fourth-order valence-electron chi connectivity index (χ4n) is 4.06. The Labute approximate surface area is 187 Å². The van der Waals surface area contributed by atoms with Gasteiger partial charge in [0.2, 0.25) is 0 Å². The van der Waals surface area contributed by atoms with E-state index in [1.807, 2.05) is 24.8 Å². The molecular formula is C22H23F3N6O2. The van der Waals surface area contributed by atoms with Crippen LogP contribution in [0.3, 0.4) is 0 Å². The third-order valence-corrected chi connectivity index (χ3v) is 5.92. The van der Waals surface area contributed by atoms with Gasteiger partial charge in [0.15, 0.2) is 11.3 Å². The predicted octanol–water partition coefficient (Wildman–Crippen LogP) is 2.79. The van der Waals surface area contributed by atoms with E-state index in [0.717, 1.165) is 16.3 Å². The molecule has 4 rings (SSSR count). The van der Waals surface area contributed by atoms with Gasteiger partial charge in [0.1, 0.15) is 11.4 Å². The number of fused-ring (bicyclic) bond motifs is 1. The molecule has 0 aliphatic carbocycles. The summed E-state index contributed by atoms with van der Waals surface area (Å²) in [5.74, 6) is -0.151. The molecule has 33 heavy (non-hydrogen) atoms. The number of alkyl halides is 3. The minimum Gasteiger partial charge on any atom is -0.347 e. The molecular weight excluding hydrogens is 437 g/mol. The van der Waals surface area contributed by atoms with Gasteiger partial charge in [0.25, 0.3) is 11.5 Å². The van der Waals surface area contributed by atoms with Gasteiger partial charge in [-0.2, -0.15) is 13.2 Å². The van der Waals surface area contributed by atoms with Crippen molar-refractivity contribution < 1.29 is 18.0 Å². The van der Waals surface area contributed by atoms with Crippen LogP contribution < -0.4 is 15.8 Å². The Morgan fingerprint density at radius 2 is 2.03 bits per heavy atom. The first-order valence-corrected chi connectivity index (χ1v) is 10.4. The van der Waals surface area contributed by atoms with Gasteiger partial charge in [-0.05, 0) is 44.5 Å². The van der Waals surface area contributed by atoms with Gasteiger partial charge in [-0.3, -0.25) is 9.59 Å². The number of hydrogen-bond donors (Lipinski definition) is 1. The second kappa shape index (κ2) is 8.38. The summed E-state index contributed by atoms with van der Waals surface area (Å²) < 4.78 is 42.2. The quantitative estimate of drug-likeness (QED) is 0.606. The molecule has 0 radical (unpaired) electrons. The highest BCUT2D eigenvalue weighted by Gasteiger charge is 2.37. The normalized spacial score (nSPS) is 19.3. The largest absolute Gasteiger partial charge is 0.435 e. The van der Waals surface area contributed by atoms with Crippen LogP contribution in [0.4, 0.5) is 19.0 Å². The van der Waals surface area contributed by atoms with E-state index in [4.69, 9.17) is 0 Å². The lowest BCUT2D eigenvalue weighted by Gasteiger charge is -2.26. The first-order chi connectivity index (χ1) is 15.6. The van der Waals surface area contributed by atoms with Crippen molar-refractivity contribution >= 4 is 17.4 Å². The highest BCUT2D eigenvalue weighted by atomic mass is 19.4. The lowest BCUT2D eigenvalue weighted by atomic mass is 10.0. The van der Waals surface area contributed by atoms with Gasteiger partial charge in [-0.1, -0.05) is 11.6 Å². The number of pyridine rings is 1. The maximum Gasteiger partial charge on any atom is 0.435 e. The predicted molar refractivity (Wildman–Crippen MR) is 116 cm³/mol. The summed E-state index contributed by atoms with van der Waals surface area (Å²) in [4.78, 5) is 30.7. The van der Waals surface area contributed by atoms with Crippen LogP contribution in [-0.4, -0.2) is 43.7 Å². The first kappa shape index (κ1) is 22.6. The molecule has 11 heteroatoms. The van der Waals surface area contributed by atoms with Crippen LogP contribution in [0.25, 0.3) is 5.65 Å². The number of carbonyl (C=O) groups excluding carboxylic acids is 1. The molecule has 0 saturated carbocycles. The Hall–Kier alpha value is -3.63. The van der Waals surface area contributed by atoms with Crippen molar-refractivity contribution in [2.75, 3.05) is 11.4 Å². The Balaban J connectivity index is 1.64. The van der Waals surface area contributed by atoms with Gasteiger partial charge >= 0.3 is 6.18 Å². The van der Waals surface area contributed by atoms with Crippen molar-refractivity contribution in [3.63, 3.8) is 0 Å². The molecule has 1 amide bonds. The fraction of sp³-hybridized carbons (Fsp3) is 0.364. The lowest BCUT2D eigenvalue weighted by Crippen LogP contribution is -2.40. The van der Waals surface area contributed by atoms with Crippen LogP contribution in [0.1, 0.15) is 36.3 Å². The fourth-order valence-corrected chi connectivity index (χ4v) is 4.06. The Bertz CT molecular complexity index is 1290. The SMILES string of the molecule is C/C=C(\C)[C@H]1CC(NC(=O)c2cccn(C)c2=O)CN1c1ccc2ncc(C(F)(F)F)n2n1. The van der Waals surface area contributed by atoms with Crippen molar-refractivity contribution in [1.29, 1.82) is 0 Å². The van der Waals surface area contributed by atoms with Crippen LogP contribution in [0.5, 0.6) is 0 Å². The van der Waals surface area contributed by atoms with Gasteiger partial charge < -0.3 is 14.8 Å². The number of halogens is 3. The summed E-state index contributed by atoms with van der Waals surface area (Å²) in [5, 5.41) is 7.11. The third-order valence-electron chi connectivity index (χ3n) is 5.92. The highest BCUT2D eigenvalue weighted by molar-refractivity contribution is 5.94. The molecule has 0 bridgehead atoms. The summed E-state index contributed by atoms with van der Waals surface area (Å²) in [6, 6.07) is 5.68. The van der Waals surface area contributed by atoms with E-state index in [0.29, 0.717) is 18.8 Å². The maximum absolute atomic E-state index is 13.3. The molecule has 1 aliphatic rings. The molecule has 3 aromatic heterocycles. The number of aryl methyl sites for hydroxylation is 1. The number of rotatable bonds is 4. The van der Waals surface area contributed by atoms with Crippen molar-refractivity contribution in [2.24, 2.45) is 7.05 Å². The lowest BCUT2D eigenvalue weighted by molar-refractivity contribution is -0.142. The van der Waals surface area contributed by atoms with Gasteiger partial charge in [0.05, 0.1) is 12.2 Å². The second-order valence-electron chi connectivity index (χ2n) is 8.05. The van der Waals surface area contributed by atoms with E-state index in [1.54, 1.807) is 25.4 Å². The van der Waals surface area contributed by atoms with Crippen molar-refractivity contribution in [3.05, 3.63) is 69.9 Å². The molecule has 0 aromatic carbocycles. The van der Waals surface area contributed by atoms with Crippen molar-refractivity contribution in [1.82, 2.24) is 24.5 Å². The molecule has 1 N–H and O–H groups in total. The van der Waals surface area contributed by atoms with Crippen LogP contribution in [0.2, 0.25) is 0 Å². The zero-order valence-electron chi connectivity index (χ0n) is 18.3. The maximum atomic E-state index is 13.3. The summed E-state index contributed by atoms with van der Waals surface area (Å²) in [6.45, 7) is 4.12. The monoisotopic (exact) mass is 460 g/mol. The molecule has 1 unspecified atom stereocenters. The molecule has 1 aliphatic heterocycles. The molecule has 174 valence electrons. The van der Waals surface area contributed by atoms with E-state index < -0.39 is 23.3 Å². The van der Waals surface area contributed by atoms with Gasteiger partial charge in [-0.15, -0.1) is 5.10 Å². The molecule has 8 nitrogen and oxygen atoms in total. The average Bonchev–Trinajstić information content (AvgIpc) is 3.38. The Kier molecular flexibility index (Phi) is 5.73. The number of hydrogen-bond acceptors (Lipinski definition) is 5. The Morgan fingerprint density at radius 1 is 1.27 bits per heavy atom. The van der Waals surface area contributed by atoms with Crippen LogP contribution in [-0.2, 0) is 13.2 Å². The molecule has 1 saturated heterocycles. The van der Waals surface area contributed by atoms with Crippen molar-refractivity contribution in [3.8, 4) is 0 Å². The zero-order valence-corrected chi connectivity index (χ0v) is 18.3. The number of anilines is 1. The van der Waals surface area contributed by atoms with Crippen molar-refractivity contribution in [2.45, 2.75) is 38.5 Å². The summed E-state index contributed by atoms with van der Waals surface area (Å²) >= 11 is 0. The van der Waals surface area contributed by atoms with E-state index >= 15 is 0 Å². The minimum absolute atomic E-state index is 0.0329. The van der Waals surface area contributed by atoms with Crippen LogP contribution in [0, 0.1) is 0 Å². The summed E-state index contributed by atoms with van der Waals surface area (Å²) in [6.07, 6.45) is 0.173. The van der Waals surface area contributed by atoms with E-state index in [-0.39, 0.29) is 23.3 Å². The topological polar surface area (TPSA) is 84.5 Å². The molecule has 2 atom stereocenters. The molecule has 3 aromatic rings. The first-order valence-electron chi connectivity index (χ1n) is 10.4. The highest BCUT2D eigenvalue weighted by Crippen LogP contribution is 2.32. The number of nitrogens with one attached hydrogen (secondary N) is 1. The number of aromatic nitrogens is 4. The molecule has 4 heterocycles. The summed E-state index contributed by atoms with van der Waals surface area (Å²) in [5.41, 5.74) is -0.244.